The first kappa shape index (κ1) is 15.2. The van der Waals surface area contributed by atoms with E-state index >= 15 is 0 Å². The Balaban J connectivity index is 2.94. The van der Waals surface area contributed by atoms with Gasteiger partial charge in [-0.15, -0.1) is 0 Å². The van der Waals surface area contributed by atoms with E-state index in [9.17, 15) is 4.79 Å². The number of aromatic nitrogens is 1. The maximum Gasteiger partial charge on any atom is 0.271 e. The molecule has 1 atom stereocenters. The molecule has 0 saturated heterocycles. The third kappa shape index (κ3) is 4.38. The summed E-state index contributed by atoms with van der Waals surface area (Å²) in [7, 11) is 0. The molecule has 1 amide bonds. The Morgan fingerprint density at radius 3 is 2.79 bits per heavy atom. The highest BCUT2D eigenvalue weighted by Gasteiger charge is 2.23. The number of hydrogen-bond acceptors (Lipinski definition) is 3. The second-order valence-corrected chi connectivity index (χ2v) is 5.47. The van der Waals surface area contributed by atoms with E-state index in [1.807, 2.05) is 6.92 Å². The zero-order valence-electron chi connectivity index (χ0n) is 11.9. The van der Waals surface area contributed by atoms with Crippen LogP contribution in [0, 0.1) is 17.3 Å². The van der Waals surface area contributed by atoms with Crippen molar-refractivity contribution >= 4 is 5.91 Å². The molecule has 4 heteroatoms. The summed E-state index contributed by atoms with van der Waals surface area (Å²) in [6, 6.07) is 3.56. The number of rotatable bonds is 2. The van der Waals surface area contributed by atoms with Crippen molar-refractivity contribution in [2.75, 3.05) is 6.54 Å². The predicted molar refractivity (Wildman–Crippen MR) is 76.6 cm³/mol. The summed E-state index contributed by atoms with van der Waals surface area (Å²) in [6.07, 6.45) is 1.59. The number of carbonyl (C=O) groups excluding carboxylic acids is 1. The summed E-state index contributed by atoms with van der Waals surface area (Å²) < 4.78 is 0. The van der Waals surface area contributed by atoms with Gasteiger partial charge in [-0.1, -0.05) is 32.6 Å². The molecule has 1 unspecified atom stereocenters. The molecule has 0 aliphatic carbocycles. The summed E-state index contributed by atoms with van der Waals surface area (Å²) in [5.74, 6) is 5.40. The minimum atomic E-state index is -0.204. The monoisotopic (exact) mass is 259 g/mol. The number of nitrogens with zero attached hydrogens (tertiary/aromatic N) is 1. The van der Waals surface area contributed by atoms with Gasteiger partial charge in [0.05, 0.1) is 12.1 Å². The average Bonchev–Trinajstić information content (AvgIpc) is 2.35. The molecule has 4 nitrogen and oxygen atoms in total. The molecule has 3 N–H and O–H groups in total. The van der Waals surface area contributed by atoms with Crippen LogP contribution in [0.1, 0.15) is 43.7 Å². The number of nitrogens with two attached hydrogens (primary N) is 1. The first-order valence-electron chi connectivity index (χ1n) is 6.31. The van der Waals surface area contributed by atoms with Crippen molar-refractivity contribution < 1.29 is 4.79 Å². The first-order chi connectivity index (χ1) is 8.86. The van der Waals surface area contributed by atoms with Crippen molar-refractivity contribution in [2.45, 2.75) is 33.7 Å². The van der Waals surface area contributed by atoms with E-state index in [1.165, 1.54) is 0 Å². The van der Waals surface area contributed by atoms with Crippen LogP contribution in [0.2, 0.25) is 0 Å². The lowest BCUT2D eigenvalue weighted by Crippen LogP contribution is -2.41. The summed E-state index contributed by atoms with van der Waals surface area (Å²) in [5, 5.41) is 2.95. The third-order valence-corrected chi connectivity index (χ3v) is 2.99. The quantitative estimate of drug-likeness (QED) is 0.792. The van der Waals surface area contributed by atoms with Gasteiger partial charge in [-0.05, 0) is 24.5 Å². The van der Waals surface area contributed by atoms with E-state index in [0.717, 1.165) is 0 Å². The van der Waals surface area contributed by atoms with Crippen molar-refractivity contribution in [3.05, 3.63) is 29.6 Å². The second-order valence-electron chi connectivity index (χ2n) is 5.47. The third-order valence-electron chi connectivity index (χ3n) is 2.99. The van der Waals surface area contributed by atoms with Crippen molar-refractivity contribution in [3.8, 4) is 11.8 Å². The van der Waals surface area contributed by atoms with Crippen LogP contribution in [-0.2, 0) is 0 Å². The Hall–Kier alpha value is -1.86. The maximum absolute atomic E-state index is 12.2. The highest BCUT2D eigenvalue weighted by Crippen LogP contribution is 2.19. The molecule has 0 aliphatic heterocycles. The van der Waals surface area contributed by atoms with Crippen molar-refractivity contribution in [2.24, 2.45) is 11.1 Å². The van der Waals surface area contributed by atoms with E-state index in [4.69, 9.17) is 5.73 Å². The van der Waals surface area contributed by atoms with Crippen LogP contribution in [0.4, 0.5) is 0 Å². The van der Waals surface area contributed by atoms with Gasteiger partial charge in [-0.25, -0.2) is 4.98 Å². The molecule has 0 bridgehead atoms. The summed E-state index contributed by atoms with van der Waals surface area (Å²) in [5.41, 5.74) is 6.29. The molecule has 0 radical (unpaired) electrons. The topological polar surface area (TPSA) is 68.0 Å². The van der Waals surface area contributed by atoms with E-state index in [0.29, 0.717) is 11.3 Å². The van der Waals surface area contributed by atoms with Crippen molar-refractivity contribution in [1.29, 1.82) is 0 Å². The lowest BCUT2D eigenvalue weighted by molar-refractivity contribution is 0.0905. The van der Waals surface area contributed by atoms with E-state index in [-0.39, 0.29) is 23.9 Å². The zero-order valence-corrected chi connectivity index (χ0v) is 11.9. The summed E-state index contributed by atoms with van der Waals surface area (Å²) in [6.45, 7) is 8.46. The van der Waals surface area contributed by atoms with Gasteiger partial charge >= 0.3 is 0 Å². The van der Waals surface area contributed by atoms with Crippen LogP contribution >= 0.6 is 0 Å². The Kier molecular flexibility index (Phi) is 5.08. The lowest BCUT2D eigenvalue weighted by Gasteiger charge is -2.28. The number of nitrogens with one attached hydrogen (secondary N) is 1. The van der Waals surface area contributed by atoms with Gasteiger partial charge < -0.3 is 11.1 Å². The predicted octanol–water partition coefficient (Wildman–Crippen LogP) is 1.56. The van der Waals surface area contributed by atoms with E-state index < -0.39 is 0 Å². The van der Waals surface area contributed by atoms with Crippen molar-refractivity contribution in [3.63, 3.8) is 0 Å². The molecule has 1 aromatic rings. The molecule has 0 spiro atoms. The van der Waals surface area contributed by atoms with Gasteiger partial charge in [0, 0.05) is 12.2 Å². The van der Waals surface area contributed by atoms with Crippen LogP contribution in [-0.4, -0.2) is 23.5 Å². The van der Waals surface area contributed by atoms with Gasteiger partial charge in [-0.2, -0.15) is 0 Å². The normalized spacial score (nSPS) is 12.3. The van der Waals surface area contributed by atoms with Crippen LogP contribution in [0.3, 0.4) is 0 Å². The number of carbonyl (C=O) groups is 1. The minimum absolute atomic E-state index is 0.00641. The van der Waals surface area contributed by atoms with Crippen LogP contribution < -0.4 is 11.1 Å². The Bertz CT molecular complexity index is 506. The van der Waals surface area contributed by atoms with Gasteiger partial charge in [0.1, 0.15) is 5.69 Å². The molecule has 0 fully saturated rings. The summed E-state index contributed by atoms with van der Waals surface area (Å²) in [4.78, 5) is 16.3. The fourth-order valence-electron chi connectivity index (χ4n) is 1.31. The molecule has 1 heterocycles. The van der Waals surface area contributed by atoms with Crippen LogP contribution in [0.15, 0.2) is 18.3 Å². The lowest BCUT2D eigenvalue weighted by atomic mass is 9.88. The van der Waals surface area contributed by atoms with Gasteiger partial charge in [0.2, 0.25) is 0 Å². The smallest absolute Gasteiger partial charge is 0.271 e. The molecule has 19 heavy (non-hydrogen) atoms. The fraction of sp³-hybridized carbons (Fsp3) is 0.467. The molecule has 0 aliphatic rings. The number of hydrogen-bond donors (Lipinski definition) is 2. The molecule has 102 valence electrons. The second kappa shape index (κ2) is 6.35. The first-order valence-corrected chi connectivity index (χ1v) is 6.31. The minimum Gasteiger partial charge on any atom is -0.348 e. The highest BCUT2D eigenvalue weighted by atomic mass is 16.1. The molecule has 1 aromatic heterocycles. The Morgan fingerprint density at radius 1 is 1.53 bits per heavy atom. The number of pyridine rings is 1. The van der Waals surface area contributed by atoms with Gasteiger partial charge in [0.15, 0.2) is 0 Å². The molecule has 0 aromatic carbocycles. The molecule has 0 saturated carbocycles. The van der Waals surface area contributed by atoms with Crippen LogP contribution in [0.5, 0.6) is 0 Å². The van der Waals surface area contributed by atoms with Crippen molar-refractivity contribution in [1.82, 2.24) is 10.3 Å². The number of amides is 1. The van der Waals surface area contributed by atoms with E-state index in [1.54, 1.807) is 18.3 Å². The van der Waals surface area contributed by atoms with Crippen LogP contribution in [0.25, 0.3) is 0 Å². The average molecular weight is 259 g/mol. The van der Waals surface area contributed by atoms with Gasteiger partial charge in [0.25, 0.3) is 5.91 Å². The molecule has 1 rings (SSSR count). The molecular formula is C15H21N3O. The van der Waals surface area contributed by atoms with E-state index in [2.05, 4.69) is 42.9 Å². The Morgan fingerprint density at radius 2 is 2.21 bits per heavy atom. The zero-order chi connectivity index (χ0) is 14.5. The SMILES string of the molecule is CC(NC(=O)c1ncccc1C#CCN)C(C)(C)C. The maximum atomic E-state index is 12.2. The fourth-order valence-corrected chi connectivity index (χ4v) is 1.31. The summed E-state index contributed by atoms with van der Waals surface area (Å²) >= 11 is 0. The standard InChI is InChI=1S/C15H21N3O/c1-11(15(2,3)4)18-14(19)13-12(7-5-9-16)8-6-10-17-13/h6,8,10-11H,9,16H2,1-4H3,(H,18,19). The van der Waals surface area contributed by atoms with Gasteiger partial charge in [-0.3, -0.25) is 4.79 Å². The largest absolute Gasteiger partial charge is 0.348 e. The molecular weight excluding hydrogens is 238 g/mol. The Labute approximate surface area is 114 Å². The highest BCUT2D eigenvalue weighted by molar-refractivity contribution is 5.94.